The lowest BCUT2D eigenvalue weighted by Gasteiger charge is -2.03. The first kappa shape index (κ1) is 12.8. The number of esters is 1. The molecule has 18 heavy (non-hydrogen) atoms. The Bertz CT molecular complexity index is 454. The summed E-state index contributed by atoms with van der Waals surface area (Å²) in [6.45, 7) is 2.54. The van der Waals surface area contributed by atoms with Crippen molar-refractivity contribution in [2.45, 2.75) is 19.8 Å². The summed E-state index contributed by atoms with van der Waals surface area (Å²) in [7, 11) is 0. The van der Waals surface area contributed by atoms with Crippen LogP contribution in [-0.4, -0.2) is 29.9 Å². The molecule has 1 heterocycles. The molecule has 0 unspecified atom stereocenters. The molecule has 1 aromatic rings. The molecule has 1 saturated carbocycles. The second-order valence-corrected chi connectivity index (χ2v) is 4.86. The summed E-state index contributed by atoms with van der Waals surface area (Å²) in [5.41, 5.74) is 6.01. The molecule has 1 aliphatic rings. The molecule has 0 spiro atoms. The average Bonchev–Trinajstić information content (AvgIpc) is 3.06. The van der Waals surface area contributed by atoms with Gasteiger partial charge in [-0.3, -0.25) is 0 Å². The van der Waals surface area contributed by atoms with Crippen LogP contribution in [0.25, 0.3) is 0 Å². The van der Waals surface area contributed by atoms with Crippen LogP contribution >= 0.6 is 11.3 Å². The van der Waals surface area contributed by atoms with Crippen molar-refractivity contribution in [2.24, 2.45) is 11.1 Å². The molecule has 0 amide bonds. The van der Waals surface area contributed by atoms with Crippen LogP contribution in [0.2, 0.25) is 0 Å². The quantitative estimate of drug-likeness (QED) is 0.479. The van der Waals surface area contributed by atoms with Crippen LogP contribution in [0.15, 0.2) is 10.5 Å². The molecular formula is C11H15N3O3S. The molecule has 6 nitrogen and oxygen atoms in total. The van der Waals surface area contributed by atoms with Gasteiger partial charge in [0.15, 0.2) is 5.13 Å². The molecule has 98 valence electrons. The van der Waals surface area contributed by atoms with E-state index in [4.69, 9.17) is 15.3 Å². The van der Waals surface area contributed by atoms with Crippen molar-refractivity contribution in [1.82, 2.24) is 4.98 Å². The van der Waals surface area contributed by atoms with Gasteiger partial charge in [0, 0.05) is 5.38 Å². The number of hydrogen-bond donors (Lipinski definition) is 1. The fourth-order valence-corrected chi connectivity index (χ4v) is 1.82. The van der Waals surface area contributed by atoms with Crippen molar-refractivity contribution >= 4 is 28.1 Å². The number of thiazole rings is 1. The van der Waals surface area contributed by atoms with E-state index in [2.05, 4.69) is 10.1 Å². The van der Waals surface area contributed by atoms with Crippen LogP contribution in [0.4, 0.5) is 5.13 Å². The molecule has 1 aliphatic carbocycles. The van der Waals surface area contributed by atoms with Crippen LogP contribution in [-0.2, 0) is 14.4 Å². The largest absolute Gasteiger partial charge is 0.461 e. The highest BCUT2D eigenvalue weighted by Gasteiger charge is 2.23. The minimum Gasteiger partial charge on any atom is -0.461 e. The first-order valence-corrected chi connectivity index (χ1v) is 6.67. The number of nitrogens with zero attached hydrogens (tertiary/aromatic N) is 2. The fourth-order valence-electron chi connectivity index (χ4n) is 1.28. The van der Waals surface area contributed by atoms with E-state index in [0.717, 1.165) is 12.8 Å². The predicted octanol–water partition coefficient (Wildman–Crippen LogP) is 1.42. The van der Waals surface area contributed by atoms with Gasteiger partial charge in [0.05, 0.1) is 6.61 Å². The number of nitrogens with two attached hydrogens (primary N) is 1. The molecule has 0 bridgehead atoms. The zero-order valence-corrected chi connectivity index (χ0v) is 10.9. The van der Waals surface area contributed by atoms with Gasteiger partial charge in [-0.1, -0.05) is 5.16 Å². The Kier molecular flexibility index (Phi) is 4.14. The molecule has 0 aromatic carbocycles. The van der Waals surface area contributed by atoms with Gasteiger partial charge in [0.2, 0.25) is 5.71 Å². The molecule has 1 aromatic heterocycles. The topological polar surface area (TPSA) is 86.8 Å². The lowest BCUT2D eigenvalue weighted by Crippen LogP contribution is -2.20. The van der Waals surface area contributed by atoms with Crippen molar-refractivity contribution in [3.63, 3.8) is 0 Å². The third-order valence-corrected chi connectivity index (χ3v) is 3.07. The maximum Gasteiger partial charge on any atom is 0.362 e. The third kappa shape index (κ3) is 3.43. The summed E-state index contributed by atoms with van der Waals surface area (Å²) in [5.74, 6) is 0.0243. The number of nitrogen functional groups attached to an aromatic ring is 1. The molecule has 2 N–H and O–H groups in total. The van der Waals surface area contributed by atoms with Crippen LogP contribution in [0.5, 0.6) is 0 Å². The minimum atomic E-state index is -0.543. The number of rotatable bonds is 6. The van der Waals surface area contributed by atoms with Crippen LogP contribution in [0.3, 0.4) is 0 Å². The van der Waals surface area contributed by atoms with E-state index in [1.165, 1.54) is 11.3 Å². The molecular weight excluding hydrogens is 254 g/mol. The summed E-state index contributed by atoms with van der Waals surface area (Å²) in [4.78, 5) is 20.9. The second-order valence-electron chi connectivity index (χ2n) is 3.97. The summed E-state index contributed by atoms with van der Waals surface area (Å²) in [6, 6.07) is 0. The molecule has 0 radical (unpaired) electrons. The average molecular weight is 269 g/mol. The predicted molar refractivity (Wildman–Crippen MR) is 68.4 cm³/mol. The van der Waals surface area contributed by atoms with Crippen molar-refractivity contribution in [3.8, 4) is 0 Å². The number of hydrogen-bond acceptors (Lipinski definition) is 7. The van der Waals surface area contributed by atoms with E-state index in [0.29, 0.717) is 23.4 Å². The molecule has 1 fully saturated rings. The zero-order valence-electron chi connectivity index (χ0n) is 10.1. The van der Waals surface area contributed by atoms with Gasteiger partial charge in [0.25, 0.3) is 0 Å². The number of anilines is 1. The number of carbonyl (C=O) groups excluding carboxylic acids is 1. The number of aromatic nitrogens is 1. The summed E-state index contributed by atoms with van der Waals surface area (Å²) < 4.78 is 4.91. The van der Waals surface area contributed by atoms with E-state index < -0.39 is 5.97 Å². The number of carbonyl (C=O) groups is 1. The minimum absolute atomic E-state index is 0.0745. The van der Waals surface area contributed by atoms with Gasteiger partial charge in [-0.25, -0.2) is 9.78 Å². The highest BCUT2D eigenvalue weighted by Crippen LogP contribution is 2.28. The Hall–Kier alpha value is -1.63. The lowest BCUT2D eigenvalue weighted by atomic mass is 10.3. The van der Waals surface area contributed by atoms with E-state index in [1.807, 2.05) is 0 Å². The Labute approximate surface area is 109 Å². The number of oxime groups is 1. The van der Waals surface area contributed by atoms with Crippen LogP contribution < -0.4 is 5.73 Å². The van der Waals surface area contributed by atoms with Crippen LogP contribution in [0, 0.1) is 5.92 Å². The van der Waals surface area contributed by atoms with E-state index >= 15 is 0 Å². The Morgan fingerprint density at radius 2 is 2.44 bits per heavy atom. The first-order chi connectivity index (χ1) is 8.70. The molecule has 0 aliphatic heterocycles. The highest BCUT2D eigenvalue weighted by atomic mass is 32.1. The molecule has 2 rings (SSSR count). The SMILES string of the molecule is CCOC(=O)/C(=N/OCC1CC1)c1csc(N)n1. The van der Waals surface area contributed by atoms with E-state index in [-0.39, 0.29) is 12.3 Å². The van der Waals surface area contributed by atoms with E-state index in [1.54, 1.807) is 12.3 Å². The molecule has 0 saturated heterocycles. The highest BCUT2D eigenvalue weighted by molar-refractivity contribution is 7.13. The van der Waals surface area contributed by atoms with Crippen LogP contribution in [0.1, 0.15) is 25.5 Å². The van der Waals surface area contributed by atoms with Crippen molar-refractivity contribution in [3.05, 3.63) is 11.1 Å². The summed E-state index contributed by atoms with van der Waals surface area (Å²) in [5, 5.41) is 5.87. The second kappa shape index (κ2) is 5.81. The maximum absolute atomic E-state index is 11.7. The Morgan fingerprint density at radius 1 is 1.67 bits per heavy atom. The van der Waals surface area contributed by atoms with Gasteiger partial charge in [-0.05, 0) is 25.7 Å². The van der Waals surface area contributed by atoms with Gasteiger partial charge in [-0.15, -0.1) is 11.3 Å². The first-order valence-electron chi connectivity index (χ1n) is 5.79. The van der Waals surface area contributed by atoms with Gasteiger partial charge in [0.1, 0.15) is 12.3 Å². The standard InChI is InChI=1S/C11H15N3O3S/c1-2-16-10(15)9(8-6-18-11(12)13-8)14-17-5-7-3-4-7/h6-7H,2-5H2,1H3,(H2,12,13)/b14-9+. The van der Waals surface area contributed by atoms with Crippen molar-refractivity contribution in [2.75, 3.05) is 18.9 Å². The van der Waals surface area contributed by atoms with Crippen molar-refractivity contribution < 1.29 is 14.4 Å². The maximum atomic E-state index is 11.7. The molecule has 7 heteroatoms. The smallest absolute Gasteiger partial charge is 0.362 e. The molecule has 0 atom stereocenters. The Morgan fingerprint density at radius 3 is 3.00 bits per heavy atom. The van der Waals surface area contributed by atoms with Gasteiger partial charge >= 0.3 is 5.97 Å². The Balaban J connectivity index is 2.07. The fraction of sp³-hybridized carbons (Fsp3) is 0.545. The van der Waals surface area contributed by atoms with Gasteiger partial charge < -0.3 is 15.3 Å². The monoisotopic (exact) mass is 269 g/mol. The van der Waals surface area contributed by atoms with Gasteiger partial charge in [-0.2, -0.15) is 0 Å². The lowest BCUT2D eigenvalue weighted by molar-refractivity contribution is -0.135. The summed E-state index contributed by atoms with van der Waals surface area (Å²) in [6.07, 6.45) is 2.32. The summed E-state index contributed by atoms with van der Waals surface area (Å²) >= 11 is 1.24. The van der Waals surface area contributed by atoms with E-state index in [9.17, 15) is 4.79 Å². The van der Waals surface area contributed by atoms with Crippen molar-refractivity contribution in [1.29, 1.82) is 0 Å². The third-order valence-electron chi connectivity index (χ3n) is 2.40. The normalized spacial score (nSPS) is 15.5. The zero-order chi connectivity index (χ0) is 13.0. The number of ether oxygens (including phenoxy) is 1.